The highest BCUT2D eigenvalue weighted by Crippen LogP contribution is 2.40. The quantitative estimate of drug-likeness (QED) is 0.563. The van der Waals surface area contributed by atoms with Gasteiger partial charge in [0.25, 0.3) is 0 Å². The first-order chi connectivity index (χ1) is 5.29. The van der Waals surface area contributed by atoms with E-state index in [0.717, 1.165) is 15.1 Å². The first-order valence-corrected chi connectivity index (χ1v) is 5.64. The van der Waals surface area contributed by atoms with E-state index < -0.39 is 0 Å². The standard InChI is InChI=1S/C8H5Cl2S/c9-7-5-11(10)8-4-2-1-3-6(7)8/h1-5H/q+1. The summed E-state index contributed by atoms with van der Waals surface area (Å²) in [4.78, 5) is 0. The molecule has 0 aliphatic rings. The van der Waals surface area contributed by atoms with Crippen molar-refractivity contribution in [2.24, 2.45) is 0 Å². The van der Waals surface area contributed by atoms with Crippen molar-refractivity contribution in [1.29, 1.82) is 0 Å². The molecule has 0 aliphatic heterocycles. The van der Waals surface area contributed by atoms with Crippen LogP contribution in [0.3, 0.4) is 0 Å². The zero-order chi connectivity index (χ0) is 7.84. The summed E-state index contributed by atoms with van der Waals surface area (Å²) in [6, 6.07) is 7.94. The van der Waals surface area contributed by atoms with Crippen LogP contribution < -0.4 is 0 Å². The molecule has 1 unspecified atom stereocenters. The largest absolute Gasteiger partial charge is 0.210 e. The number of hydrogen-bond donors (Lipinski definition) is 0. The normalized spacial score (nSPS) is 12.4. The summed E-state index contributed by atoms with van der Waals surface area (Å²) >= 11 is 5.92. The number of thiophene rings is 1. The first-order valence-electron chi connectivity index (χ1n) is 3.15. The van der Waals surface area contributed by atoms with Crippen molar-refractivity contribution < 1.29 is 0 Å². The second-order valence-corrected chi connectivity index (χ2v) is 4.89. The van der Waals surface area contributed by atoms with Crippen LogP contribution in [0.5, 0.6) is 0 Å². The molecule has 1 heterocycles. The van der Waals surface area contributed by atoms with Crippen LogP contribution in [-0.4, -0.2) is 0 Å². The van der Waals surface area contributed by atoms with E-state index in [-0.39, 0.29) is 9.68 Å². The van der Waals surface area contributed by atoms with Gasteiger partial charge in [-0.25, -0.2) is 0 Å². The summed E-state index contributed by atoms with van der Waals surface area (Å²) in [5, 5.41) is 3.74. The molecule has 2 aromatic rings. The maximum atomic E-state index is 6.00. The Morgan fingerprint density at radius 1 is 1.18 bits per heavy atom. The lowest BCUT2D eigenvalue weighted by Gasteiger charge is -1.80. The summed E-state index contributed by atoms with van der Waals surface area (Å²) in [7, 11) is 5.70. The van der Waals surface area contributed by atoms with Crippen molar-refractivity contribution >= 4 is 42.1 Å². The van der Waals surface area contributed by atoms with Crippen molar-refractivity contribution in [3.63, 3.8) is 0 Å². The molecule has 0 spiro atoms. The van der Waals surface area contributed by atoms with Gasteiger partial charge in [0.05, 0.1) is 5.39 Å². The molecule has 0 saturated heterocycles. The Labute approximate surface area is 76.8 Å². The molecule has 0 nitrogen and oxygen atoms in total. The minimum atomic E-state index is -0.300. The van der Waals surface area contributed by atoms with Crippen molar-refractivity contribution in [3.8, 4) is 0 Å². The van der Waals surface area contributed by atoms with Crippen LogP contribution in [0, 0.1) is 0 Å². The van der Waals surface area contributed by atoms with E-state index in [4.69, 9.17) is 22.3 Å². The predicted octanol–water partition coefficient (Wildman–Crippen LogP) is 4.24. The molecule has 56 valence electrons. The number of hydrogen-bond acceptors (Lipinski definition) is 0. The van der Waals surface area contributed by atoms with Crippen LogP contribution in [0.4, 0.5) is 0 Å². The lowest BCUT2D eigenvalue weighted by molar-refractivity contribution is 1.85. The first kappa shape index (κ1) is 7.41. The van der Waals surface area contributed by atoms with E-state index in [1.807, 2.05) is 29.6 Å². The van der Waals surface area contributed by atoms with Crippen molar-refractivity contribution in [2.75, 3.05) is 0 Å². The van der Waals surface area contributed by atoms with Gasteiger partial charge in [-0.05, 0) is 6.07 Å². The summed E-state index contributed by atoms with van der Waals surface area (Å²) in [5.74, 6) is 0. The van der Waals surface area contributed by atoms with E-state index in [1.54, 1.807) is 0 Å². The Kier molecular flexibility index (Phi) is 1.80. The SMILES string of the molecule is Clc1c[s+](Cl)c2ccccc12. The van der Waals surface area contributed by atoms with Crippen molar-refractivity contribution in [1.82, 2.24) is 0 Å². The molecule has 2 rings (SSSR count). The van der Waals surface area contributed by atoms with Gasteiger partial charge in [0.15, 0.2) is 5.38 Å². The number of benzene rings is 1. The molecule has 0 fully saturated rings. The number of halogens is 2. The fourth-order valence-corrected chi connectivity index (χ4v) is 3.38. The molecule has 3 heteroatoms. The fourth-order valence-electron chi connectivity index (χ4n) is 1.05. The molecule has 0 N–H and O–H groups in total. The highest BCUT2D eigenvalue weighted by molar-refractivity contribution is 7.65. The summed E-state index contributed by atoms with van der Waals surface area (Å²) in [6.07, 6.45) is 0. The van der Waals surface area contributed by atoms with E-state index in [1.165, 1.54) is 0 Å². The van der Waals surface area contributed by atoms with E-state index in [0.29, 0.717) is 0 Å². The summed E-state index contributed by atoms with van der Waals surface area (Å²) in [6.45, 7) is 0. The highest BCUT2D eigenvalue weighted by atomic mass is 35.7. The maximum absolute atomic E-state index is 6.00. The molecule has 11 heavy (non-hydrogen) atoms. The average molecular weight is 204 g/mol. The lowest BCUT2D eigenvalue weighted by atomic mass is 10.3. The molecule has 1 aromatic heterocycles. The third-order valence-corrected chi connectivity index (χ3v) is 3.99. The van der Waals surface area contributed by atoms with Crippen LogP contribution in [0.25, 0.3) is 10.1 Å². The van der Waals surface area contributed by atoms with Gasteiger partial charge < -0.3 is 0 Å². The predicted molar refractivity (Wildman–Crippen MR) is 52.7 cm³/mol. The lowest BCUT2D eigenvalue weighted by Crippen LogP contribution is -1.60. The van der Waals surface area contributed by atoms with Gasteiger partial charge in [0, 0.05) is 6.07 Å². The second kappa shape index (κ2) is 2.67. The van der Waals surface area contributed by atoms with Crippen LogP contribution >= 0.6 is 32.0 Å². The topological polar surface area (TPSA) is 0 Å². The second-order valence-electron chi connectivity index (χ2n) is 2.25. The molecule has 0 radical (unpaired) electrons. The average Bonchev–Trinajstić information content (AvgIpc) is 2.30. The zero-order valence-corrected chi connectivity index (χ0v) is 7.88. The van der Waals surface area contributed by atoms with Gasteiger partial charge in [-0.1, -0.05) is 23.7 Å². The maximum Gasteiger partial charge on any atom is 0.210 e. The molecule has 0 aliphatic carbocycles. The molecule has 0 amide bonds. The van der Waals surface area contributed by atoms with Gasteiger partial charge in [0.1, 0.15) is 14.7 Å². The Bertz CT molecular complexity index is 356. The Morgan fingerprint density at radius 3 is 2.64 bits per heavy atom. The molecule has 1 atom stereocenters. The van der Waals surface area contributed by atoms with Gasteiger partial charge in [-0.2, -0.15) is 0 Å². The Balaban J connectivity index is 2.95. The Hall–Kier alpha value is -0.240. The van der Waals surface area contributed by atoms with Crippen LogP contribution in [0.2, 0.25) is 5.02 Å². The molecular weight excluding hydrogens is 199 g/mol. The minimum absolute atomic E-state index is 0.300. The summed E-state index contributed by atoms with van der Waals surface area (Å²) < 4.78 is 1.14. The molecule has 1 aromatic carbocycles. The van der Waals surface area contributed by atoms with E-state index >= 15 is 0 Å². The molecular formula is C8H5Cl2S+. The smallest absolute Gasteiger partial charge is 0.0781 e. The minimum Gasteiger partial charge on any atom is -0.0781 e. The fraction of sp³-hybridized carbons (Fsp3) is 0. The van der Waals surface area contributed by atoms with Gasteiger partial charge >= 0.3 is 0 Å². The van der Waals surface area contributed by atoms with Gasteiger partial charge in [-0.15, -0.1) is 0 Å². The van der Waals surface area contributed by atoms with Crippen LogP contribution in [-0.2, 0) is 0 Å². The molecule has 0 bridgehead atoms. The van der Waals surface area contributed by atoms with Crippen LogP contribution in [0.1, 0.15) is 0 Å². The van der Waals surface area contributed by atoms with Gasteiger partial charge in [0.2, 0.25) is 15.4 Å². The third kappa shape index (κ3) is 1.13. The monoisotopic (exact) mass is 203 g/mol. The van der Waals surface area contributed by atoms with Crippen molar-refractivity contribution in [2.45, 2.75) is 0 Å². The van der Waals surface area contributed by atoms with Crippen LogP contribution in [0.15, 0.2) is 29.6 Å². The Morgan fingerprint density at radius 2 is 1.91 bits per heavy atom. The summed E-state index contributed by atoms with van der Waals surface area (Å²) in [5.41, 5.74) is 0. The van der Waals surface area contributed by atoms with E-state index in [2.05, 4.69) is 0 Å². The van der Waals surface area contributed by atoms with Gasteiger partial charge in [-0.3, -0.25) is 0 Å². The third-order valence-electron chi connectivity index (χ3n) is 1.56. The molecule has 0 saturated carbocycles. The van der Waals surface area contributed by atoms with E-state index in [9.17, 15) is 0 Å². The number of fused-ring (bicyclic) bond motifs is 1. The van der Waals surface area contributed by atoms with Crippen molar-refractivity contribution in [3.05, 3.63) is 34.7 Å². The highest BCUT2D eigenvalue weighted by Gasteiger charge is 2.14. The number of rotatable bonds is 0. The zero-order valence-electron chi connectivity index (χ0n) is 5.55.